The summed E-state index contributed by atoms with van der Waals surface area (Å²) in [6.45, 7) is 5.56. The van der Waals surface area contributed by atoms with Crippen LogP contribution in [0.3, 0.4) is 0 Å². The number of aliphatic imine (C=N–C) groups is 1. The van der Waals surface area contributed by atoms with Gasteiger partial charge in [-0.05, 0) is 63.6 Å². The molecule has 0 radical (unpaired) electrons. The molecule has 2 atom stereocenters. The van der Waals surface area contributed by atoms with E-state index in [1.54, 1.807) is 34.1 Å². The van der Waals surface area contributed by atoms with E-state index in [1.807, 2.05) is 4.90 Å². The summed E-state index contributed by atoms with van der Waals surface area (Å²) in [5.74, 6) is -2.73. The molecule has 0 saturated heterocycles. The molecule has 1 fully saturated rings. The Labute approximate surface area is 215 Å². The van der Waals surface area contributed by atoms with Gasteiger partial charge in [-0.25, -0.2) is 4.39 Å². The first-order chi connectivity index (χ1) is 17.3. The molecule has 0 aromatic heterocycles. The minimum Gasteiger partial charge on any atom is -0.355 e. The van der Waals surface area contributed by atoms with Crippen LogP contribution in [0.1, 0.15) is 40.7 Å². The standard InChI is InChI=1S/C27H36F4N4O2/c1-17(8-7-13-32-3)22(26(11-12-26)27(29,30)31)15-23(36)34-16-20(35(5)6)14-19-9-10-21(25(37)33-4)24(28)18(19)2/h7-10,13,20,22H,1,11-12,14-16H2,2-6H3,(H,33,37)(H,34,36)/b8-7-,32-13?/t20-,22-/m0/s1. The molecule has 37 heavy (non-hydrogen) atoms. The van der Waals surface area contributed by atoms with Crippen LogP contribution < -0.4 is 10.6 Å². The average molecular weight is 525 g/mol. The predicted octanol–water partition coefficient (Wildman–Crippen LogP) is 4.24. The Morgan fingerprint density at radius 1 is 1.27 bits per heavy atom. The summed E-state index contributed by atoms with van der Waals surface area (Å²) in [6.07, 6.45) is -0.0731. The van der Waals surface area contributed by atoms with E-state index < -0.39 is 35.1 Å². The molecule has 1 aromatic carbocycles. The number of alkyl halides is 3. The molecule has 1 aliphatic carbocycles. The number of nitrogens with one attached hydrogen (secondary N) is 2. The normalized spacial score (nSPS) is 16.7. The fraction of sp³-hybridized carbons (Fsp3) is 0.519. The Bertz CT molecular complexity index is 1060. The zero-order chi connectivity index (χ0) is 28.0. The van der Waals surface area contributed by atoms with Gasteiger partial charge in [-0.15, -0.1) is 0 Å². The second kappa shape index (κ2) is 12.5. The van der Waals surface area contributed by atoms with Gasteiger partial charge in [0.15, 0.2) is 0 Å². The minimum atomic E-state index is -4.44. The topological polar surface area (TPSA) is 73.8 Å². The molecule has 1 aliphatic rings. The van der Waals surface area contributed by atoms with Crippen molar-refractivity contribution in [3.8, 4) is 0 Å². The first-order valence-corrected chi connectivity index (χ1v) is 12.1. The summed E-state index contributed by atoms with van der Waals surface area (Å²) < 4.78 is 56.4. The predicted molar refractivity (Wildman–Crippen MR) is 137 cm³/mol. The van der Waals surface area contributed by atoms with Crippen molar-refractivity contribution >= 4 is 18.0 Å². The molecule has 0 unspecified atom stereocenters. The van der Waals surface area contributed by atoms with Crippen molar-refractivity contribution in [2.75, 3.05) is 34.7 Å². The maximum atomic E-state index is 14.8. The van der Waals surface area contributed by atoms with Crippen LogP contribution in [0.2, 0.25) is 0 Å². The quantitative estimate of drug-likeness (QED) is 0.244. The number of carbonyl (C=O) groups excluding carboxylic acids is 2. The number of allylic oxidation sites excluding steroid dienone is 3. The maximum absolute atomic E-state index is 14.8. The van der Waals surface area contributed by atoms with E-state index in [1.165, 1.54) is 31.5 Å². The van der Waals surface area contributed by atoms with Crippen LogP contribution in [-0.4, -0.2) is 69.9 Å². The van der Waals surface area contributed by atoms with Crippen molar-refractivity contribution in [1.29, 1.82) is 0 Å². The lowest BCUT2D eigenvalue weighted by molar-refractivity contribution is -0.199. The zero-order valence-electron chi connectivity index (χ0n) is 22.0. The van der Waals surface area contributed by atoms with Crippen LogP contribution >= 0.6 is 0 Å². The van der Waals surface area contributed by atoms with Crippen LogP contribution in [0.15, 0.2) is 41.4 Å². The summed E-state index contributed by atoms with van der Waals surface area (Å²) in [5.41, 5.74) is -0.768. The SMILES string of the molecule is C=C(/C=C\C=NC)[C@H](CC(=O)NC[C@H](Cc1ccc(C(=O)NC)c(F)c1C)N(C)C)C1(C(F)(F)F)CC1. The molecule has 0 bridgehead atoms. The highest BCUT2D eigenvalue weighted by atomic mass is 19.4. The number of halogens is 4. The number of benzene rings is 1. The minimum absolute atomic E-state index is 0.0413. The molecule has 10 heteroatoms. The van der Waals surface area contributed by atoms with Gasteiger partial charge >= 0.3 is 6.18 Å². The lowest BCUT2D eigenvalue weighted by Gasteiger charge is -2.30. The van der Waals surface area contributed by atoms with Gasteiger partial charge in [0.25, 0.3) is 5.91 Å². The van der Waals surface area contributed by atoms with Crippen molar-refractivity contribution in [2.45, 2.75) is 44.8 Å². The molecule has 6 nitrogen and oxygen atoms in total. The van der Waals surface area contributed by atoms with E-state index in [-0.39, 0.29) is 43.0 Å². The highest BCUT2D eigenvalue weighted by molar-refractivity contribution is 5.94. The molecule has 204 valence electrons. The number of nitrogens with zero attached hydrogens (tertiary/aromatic N) is 2. The lowest BCUT2D eigenvalue weighted by atomic mass is 9.80. The van der Waals surface area contributed by atoms with Gasteiger partial charge < -0.3 is 15.5 Å². The molecule has 1 aromatic rings. The zero-order valence-corrected chi connectivity index (χ0v) is 22.0. The fourth-order valence-electron chi connectivity index (χ4n) is 4.45. The van der Waals surface area contributed by atoms with Crippen LogP contribution in [0.5, 0.6) is 0 Å². The third-order valence-corrected chi connectivity index (χ3v) is 7.09. The molecule has 1 saturated carbocycles. The average Bonchev–Trinajstić information content (AvgIpc) is 3.64. The summed E-state index contributed by atoms with van der Waals surface area (Å²) in [7, 11) is 6.57. The van der Waals surface area contributed by atoms with Crippen molar-refractivity contribution in [2.24, 2.45) is 16.3 Å². The van der Waals surface area contributed by atoms with Gasteiger partial charge in [-0.2, -0.15) is 13.2 Å². The monoisotopic (exact) mass is 524 g/mol. The lowest BCUT2D eigenvalue weighted by Crippen LogP contribution is -2.43. The number of hydrogen-bond acceptors (Lipinski definition) is 4. The Hall–Kier alpha value is -3.01. The fourth-order valence-corrected chi connectivity index (χ4v) is 4.45. The Morgan fingerprint density at radius 2 is 1.92 bits per heavy atom. The number of hydrogen-bond donors (Lipinski definition) is 2. The van der Waals surface area contributed by atoms with Crippen LogP contribution in [0.4, 0.5) is 17.6 Å². The van der Waals surface area contributed by atoms with Crippen molar-refractivity contribution < 1.29 is 27.2 Å². The second-order valence-electron chi connectivity index (χ2n) is 9.67. The third-order valence-electron chi connectivity index (χ3n) is 7.09. The van der Waals surface area contributed by atoms with Gasteiger partial charge in [0.2, 0.25) is 5.91 Å². The molecule has 2 N–H and O–H groups in total. The van der Waals surface area contributed by atoms with Crippen LogP contribution in [0, 0.1) is 24.1 Å². The highest BCUT2D eigenvalue weighted by Crippen LogP contribution is 2.64. The molecule has 0 aliphatic heterocycles. The van der Waals surface area contributed by atoms with Crippen LogP contribution in [-0.2, 0) is 11.2 Å². The van der Waals surface area contributed by atoms with E-state index in [0.29, 0.717) is 17.5 Å². The smallest absolute Gasteiger partial charge is 0.355 e. The summed E-state index contributed by atoms with van der Waals surface area (Å²) >= 11 is 0. The summed E-state index contributed by atoms with van der Waals surface area (Å²) in [4.78, 5) is 30.3. The Morgan fingerprint density at radius 3 is 2.43 bits per heavy atom. The molecular formula is C27H36F4N4O2. The Kier molecular flexibility index (Phi) is 10.2. The van der Waals surface area contributed by atoms with Crippen LogP contribution in [0.25, 0.3) is 0 Å². The van der Waals surface area contributed by atoms with Gasteiger partial charge in [-0.1, -0.05) is 24.3 Å². The van der Waals surface area contributed by atoms with Crippen molar-refractivity contribution in [3.05, 3.63) is 58.9 Å². The van der Waals surface area contributed by atoms with Gasteiger partial charge in [-0.3, -0.25) is 14.6 Å². The van der Waals surface area contributed by atoms with E-state index in [0.717, 1.165) is 0 Å². The Balaban J connectivity index is 2.14. The third kappa shape index (κ3) is 7.28. The largest absolute Gasteiger partial charge is 0.395 e. The second-order valence-corrected chi connectivity index (χ2v) is 9.67. The first-order valence-electron chi connectivity index (χ1n) is 12.1. The molecule has 0 heterocycles. The molecule has 2 amide bonds. The number of amides is 2. The highest BCUT2D eigenvalue weighted by Gasteiger charge is 2.67. The van der Waals surface area contributed by atoms with E-state index >= 15 is 0 Å². The van der Waals surface area contributed by atoms with E-state index in [9.17, 15) is 27.2 Å². The van der Waals surface area contributed by atoms with E-state index in [4.69, 9.17) is 0 Å². The number of likely N-dealkylation sites (N-methyl/N-ethyl adjacent to an activating group) is 1. The number of carbonyl (C=O) groups is 2. The maximum Gasteiger partial charge on any atom is 0.395 e. The van der Waals surface area contributed by atoms with Gasteiger partial charge in [0.05, 0.1) is 11.0 Å². The van der Waals surface area contributed by atoms with Gasteiger partial charge in [0.1, 0.15) is 5.82 Å². The van der Waals surface area contributed by atoms with E-state index in [2.05, 4.69) is 22.2 Å². The first kappa shape index (κ1) is 30.2. The summed E-state index contributed by atoms with van der Waals surface area (Å²) in [6, 6.07) is 2.83. The molecule has 0 spiro atoms. The van der Waals surface area contributed by atoms with Gasteiger partial charge in [0, 0.05) is 45.2 Å². The molecular weight excluding hydrogens is 488 g/mol. The number of rotatable bonds is 12. The van der Waals surface area contributed by atoms with Crippen molar-refractivity contribution in [1.82, 2.24) is 15.5 Å². The molecule has 2 rings (SSSR count). The van der Waals surface area contributed by atoms with Crippen molar-refractivity contribution in [3.63, 3.8) is 0 Å². The summed E-state index contributed by atoms with van der Waals surface area (Å²) in [5, 5.41) is 5.16.